The molecule has 70 valence electrons. The molecule has 1 aliphatic rings. The van der Waals surface area contributed by atoms with Crippen LogP contribution in [0.3, 0.4) is 0 Å². The van der Waals surface area contributed by atoms with Crippen molar-refractivity contribution in [3.8, 4) is 0 Å². The first-order valence-electron chi connectivity index (χ1n) is 5.16. The quantitative estimate of drug-likeness (QED) is 0.629. The minimum atomic E-state index is 1.05. The summed E-state index contributed by atoms with van der Waals surface area (Å²) in [5, 5.41) is 0. The van der Waals surface area contributed by atoms with Crippen LogP contribution in [0.1, 0.15) is 39.5 Å². The lowest BCUT2D eigenvalue weighted by Gasteiger charge is -2.28. The number of nitrogens with zero attached hydrogens (tertiary/aromatic N) is 2. The molecule has 1 heterocycles. The van der Waals surface area contributed by atoms with Crippen LogP contribution >= 0.6 is 0 Å². The molecule has 0 unspecified atom stereocenters. The predicted molar refractivity (Wildman–Crippen MR) is 53.7 cm³/mol. The van der Waals surface area contributed by atoms with Crippen molar-refractivity contribution in [1.82, 2.24) is 4.90 Å². The standard InChI is InChI=1S/C10H20N2/c1-3-5-7-10-11-8-6-9-12(10)4-2/h3-9H2,1-2H3. The van der Waals surface area contributed by atoms with Gasteiger partial charge in [0.1, 0.15) is 0 Å². The highest BCUT2D eigenvalue weighted by Gasteiger charge is 2.11. The first kappa shape index (κ1) is 9.56. The second-order valence-corrected chi connectivity index (χ2v) is 3.33. The van der Waals surface area contributed by atoms with Crippen LogP contribution in [0.2, 0.25) is 0 Å². The molecule has 0 saturated carbocycles. The molecule has 0 aliphatic carbocycles. The first-order chi connectivity index (χ1) is 5.88. The zero-order valence-electron chi connectivity index (χ0n) is 8.34. The van der Waals surface area contributed by atoms with Gasteiger partial charge in [-0.25, -0.2) is 0 Å². The van der Waals surface area contributed by atoms with E-state index in [1.807, 2.05) is 0 Å². The van der Waals surface area contributed by atoms with Crippen LogP contribution in [0.5, 0.6) is 0 Å². The highest BCUT2D eigenvalue weighted by atomic mass is 15.2. The van der Waals surface area contributed by atoms with Crippen LogP contribution in [0.4, 0.5) is 0 Å². The van der Waals surface area contributed by atoms with Crippen LogP contribution in [0.25, 0.3) is 0 Å². The summed E-state index contributed by atoms with van der Waals surface area (Å²) >= 11 is 0. The number of aliphatic imine (C=N–C) groups is 1. The normalized spacial score (nSPS) is 17.8. The van der Waals surface area contributed by atoms with Gasteiger partial charge in [-0.05, 0) is 19.8 Å². The summed E-state index contributed by atoms with van der Waals surface area (Å²) < 4.78 is 0. The smallest absolute Gasteiger partial charge is 0.0988 e. The zero-order chi connectivity index (χ0) is 8.81. The fourth-order valence-electron chi connectivity index (χ4n) is 1.61. The van der Waals surface area contributed by atoms with Gasteiger partial charge in [-0.1, -0.05) is 13.3 Å². The molecule has 1 rings (SSSR count). The van der Waals surface area contributed by atoms with Gasteiger partial charge in [-0.3, -0.25) is 4.99 Å². The summed E-state index contributed by atoms with van der Waals surface area (Å²) in [6.45, 7) is 7.85. The van der Waals surface area contributed by atoms with Gasteiger partial charge in [-0.2, -0.15) is 0 Å². The maximum atomic E-state index is 4.56. The SMILES string of the molecule is CCCCC1=NCCCN1CC. The average molecular weight is 168 g/mol. The Balaban J connectivity index is 2.40. The largest absolute Gasteiger partial charge is 0.361 e. The van der Waals surface area contributed by atoms with Crippen LogP contribution in [0, 0.1) is 0 Å². The minimum absolute atomic E-state index is 1.05. The Bertz CT molecular complexity index is 152. The molecule has 0 fully saturated rings. The Kier molecular flexibility index (Phi) is 4.12. The Morgan fingerprint density at radius 3 is 2.92 bits per heavy atom. The van der Waals surface area contributed by atoms with Gasteiger partial charge in [0.15, 0.2) is 0 Å². The molecule has 1 aliphatic heterocycles. The molecule has 0 atom stereocenters. The van der Waals surface area contributed by atoms with E-state index in [-0.39, 0.29) is 0 Å². The second kappa shape index (κ2) is 5.18. The van der Waals surface area contributed by atoms with Crippen molar-refractivity contribution in [1.29, 1.82) is 0 Å². The van der Waals surface area contributed by atoms with E-state index in [2.05, 4.69) is 23.7 Å². The van der Waals surface area contributed by atoms with E-state index in [4.69, 9.17) is 0 Å². The van der Waals surface area contributed by atoms with Crippen molar-refractivity contribution in [2.75, 3.05) is 19.6 Å². The van der Waals surface area contributed by atoms with Gasteiger partial charge in [-0.15, -0.1) is 0 Å². The zero-order valence-corrected chi connectivity index (χ0v) is 8.34. The van der Waals surface area contributed by atoms with E-state index in [1.165, 1.54) is 38.1 Å². The summed E-state index contributed by atoms with van der Waals surface area (Å²) in [7, 11) is 0. The van der Waals surface area contributed by atoms with Crippen LogP contribution in [0.15, 0.2) is 4.99 Å². The van der Waals surface area contributed by atoms with E-state index >= 15 is 0 Å². The molecular weight excluding hydrogens is 148 g/mol. The summed E-state index contributed by atoms with van der Waals surface area (Å²) in [5.74, 6) is 1.35. The summed E-state index contributed by atoms with van der Waals surface area (Å²) in [4.78, 5) is 6.98. The van der Waals surface area contributed by atoms with E-state index < -0.39 is 0 Å². The third-order valence-corrected chi connectivity index (χ3v) is 2.38. The number of amidine groups is 1. The van der Waals surface area contributed by atoms with Crippen molar-refractivity contribution in [3.05, 3.63) is 0 Å². The number of hydrogen-bond acceptors (Lipinski definition) is 2. The predicted octanol–water partition coefficient (Wildman–Crippen LogP) is 2.30. The molecule has 0 saturated heterocycles. The van der Waals surface area contributed by atoms with Gasteiger partial charge in [0.2, 0.25) is 0 Å². The summed E-state index contributed by atoms with van der Waals surface area (Å²) in [5.41, 5.74) is 0. The lowest BCUT2D eigenvalue weighted by Crippen LogP contribution is -2.35. The maximum Gasteiger partial charge on any atom is 0.0988 e. The Morgan fingerprint density at radius 1 is 1.42 bits per heavy atom. The molecule has 2 heteroatoms. The molecule has 0 N–H and O–H groups in total. The van der Waals surface area contributed by atoms with Crippen molar-refractivity contribution < 1.29 is 0 Å². The minimum Gasteiger partial charge on any atom is -0.361 e. The van der Waals surface area contributed by atoms with E-state index in [0.29, 0.717) is 0 Å². The fraction of sp³-hybridized carbons (Fsp3) is 0.900. The fourth-order valence-corrected chi connectivity index (χ4v) is 1.61. The molecule has 0 aromatic rings. The van der Waals surface area contributed by atoms with E-state index in [1.54, 1.807) is 0 Å². The van der Waals surface area contributed by atoms with Crippen molar-refractivity contribution >= 4 is 5.84 Å². The van der Waals surface area contributed by atoms with E-state index in [9.17, 15) is 0 Å². The van der Waals surface area contributed by atoms with Gasteiger partial charge in [0.25, 0.3) is 0 Å². The molecule has 0 aromatic carbocycles. The van der Waals surface area contributed by atoms with Crippen molar-refractivity contribution in [2.45, 2.75) is 39.5 Å². The molecule has 0 spiro atoms. The lowest BCUT2D eigenvalue weighted by molar-refractivity contribution is 0.402. The van der Waals surface area contributed by atoms with Gasteiger partial charge in [0.05, 0.1) is 5.84 Å². The Labute approximate surface area is 75.7 Å². The van der Waals surface area contributed by atoms with Gasteiger partial charge < -0.3 is 4.90 Å². The summed E-state index contributed by atoms with van der Waals surface area (Å²) in [6, 6.07) is 0. The summed E-state index contributed by atoms with van der Waals surface area (Å²) in [6.07, 6.45) is 4.99. The highest BCUT2D eigenvalue weighted by Crippen LogP contribution is 2.08. The second-order valence-electron chi connectivity index (χ2n) is 3.33. The molecule has 0 amide bonds. The third kappa shape index (κ3) is 2.50. The highest BCUT2D eigenvalue weighted by molar-refractivity contribution is 5.82. The number of rotatable bonds is 4. The average Bonchev–Trinajstić information content (AvgIpc) is 2.15. The Morgan fingerprint density at radius 2 is 2.25 bits per heavy atom. The topological polar surface area (TPSA) is 15.6 Å². The molecule has 0 bridgehead atoms. The van der Waals surface area contributed by atoms with Crippen LogP contribution in [-0.4, -0.2) is 30.4 Å². The number of unbranched alkanes of at least 4 members (excludes halogenated alkanes) is 1. The molecule has 0 aromatic heterocycles. The third-order valence-electron chi connectivity index (χ3n) is 2.38. The maximum absolute atomic E-state index is 4.56. The van der Waals surface area contributed by atoms with Crippen molar-refractivity contribution in [2.24, 2.45) is 4.99 Å². The van der Waals surface area contributed by atoms with Crippen LogP contribution < -0.4 is 0 Å². The Hall–Kier alpha value is -0.530. The number of hydrogen-bond donors (Lipinski definition) is 0. The monoisotopic (exact) mass is 168 g/mol. The van der Waals surface area contributed by atoms with Gasteiger partial charge >= 0.3 is 0 Å². The molecular formula is C10H20N2. The molecule has 2 nitrogen and oxygen atoms in total. The molecule has 12 heavy (non-hydrogen) atoms. The lowest BCUT2D eigenvalue weighted by atomic mass is 10.2. The van der Waals surface area contributed by atoms with Crippen LogP contribution in [-0.2, 0) is 0 Å². The molecule has 0 radical (unpaired) electrons. The van der Waals surface area contributed by atoms with Gasteiger partial charge in [0, 0.05) is 26.1 Å². The first-order valence-corrected chi connectivity index (χ1v) is 5.16. The van der Waals surface area contributed by atoms with E-state index in [0.717, 1.165) is 13.1 Å². The van der Waals surface area contributed by atoms with Crippen molar-refractivity contribution in [3.63, 3.8) is 0 Å².